The summed E-state index contributed by atoms with van der Waals surface area (Å²) in [5, 5.41) is 6.46. The van der Waals surface area contributed by atoms with Crippen LogP contribution in [0.2, 0.25) is 0 Å². The average molecular weight is 481 g/mol. The molecule has 0 radical (unpaired) electrons. The van der Waals surface area contributed by atoms with E-state index in [0.29, 0.717) is 18.9 Å². The van der Waals surface area contributed by atoms with Crippen LogP contribution in [-0.2, 0) is 15.6 Å². The molecule has 0 fully saturated rings. The van der Waals surface area contributed by atoms with E-state index in [2.05, 4.69) is 29.5 Å². The van der Waals surface area contributed by atoms with E-state index in [1.54, 1.807) is 0 Å². The molecule has 0 aliphatic carbocycles. The fraction of sp³-hybridized carbons (Fsp3) is 0.611. The Hall–Kier alpha value is -0.830. The molecule has 25 heavy (non-hydrogen) atoms. The first-order valence-electron chi connectivity index (χ1n) is 8.69. The standard InChI is InChI=1S/C18H31N3O2S.HI/c1-4-19-18(21-13-11-16(2)3)20-12-8-14-24(22,23)15-17-9-6-5-7-10-17;/h5-7,9-10,16H,4,8,11-15H2,1-3H3,(H2,19,20,21);1H. The van der Waals surface area contributed by atoms with Crippen molar-refractivity contribution in [3.63, 3.8) is 0 Å². The largest absolute Gasteiger partial charge is 0.357 e. The highest BCUT2D eigenvalue weighted by atomic mass is 127. The van der Waals surface area contributed by atoms with E-state index >= 15 is 0 Å². The molecule has 7 heteroatoms. The van der Waals surface area contributed by atoms with Crippen molar-refractivity contribution in [2.24, 2.45) is 10.9 Å². The van der Waals surface area contributed by atoms with Crippen LogP contribution in [0.3, 0.4) is 0 Å². The highest BCUT2D eigenvalue weighted by Gasteiger charge is 2.11. The molecule has 0 bridgehead atoms. The molecule has 0 saturated heterocycles. The predicted molar refractivity (Wildman–Crippen MR) is 117 cm³/mol. The molecular weight excluding hydrogens is 449 g/mol. The summed E-state index contributed by atoms with van der Waals surface area (Å²) in [4.78, 5) is 4.45. The lowest BCUT2D eigenvalue weighted by Crippen LogP contribution is -2.38. The molecule has 0 aliphatic rings. The highest BCUT2D eigenvalue weighted by Crippen LogP contribution is 2.07. The Bertz CT molecular complexity index is 590. The number of benzene rings is 1. The molecule has 0 unspecified atom stereocenters. The third kappa shape index (κ3) is 12.2. The Morgan fingerprint density at radius 1 is 1.16 bits per heavy atom. The number of halogens is 1. The van der Waals surface area contributed by atoms with E-state index in [0.717, 1.165) is 31.0 Å². The first kappa shape index (κ1) is 24.2. The molecule has 2 N–H and O–H groups in total. The van der Waals surface area contributed by atoms with Crippen molar-refractivity contribution < 1.29 is 8.42 Å². The van der Waals surface area contributed by atoms with Crippen molar-refractivity contribution in [1.29, 1.82) is 0 Å². The molecule has 0 saturated carbocycles. The average Bonchev–Trinajstić information content (AvgIpc) is 2.51. The molecule has 0 aliphatic heterocycles. The normalized spacial score (nSPS) is 11.9. The van der Waals surface area contributed by atoms with Gasteiger partial charge in [0.1, 0.15) is 0 Å². The summed E-state index contributed by atoms with van der Waals surface area (Å²) in [6.45, 7) is 8.55. The zero-order valence-corrected chi connectivity index (χ0v) is 18.6. The summed E-state index contributed by atoms with van der Waals surface area (Å²) in [6, 6.07) is 9.30. The van der Waals surface area contributed by atoms with Crippen LogP contribution in [0.25, 0.3) is 0 Å². The number of hydrogen-bond acceptors (Lipinski definition) is 3. The lowest BCUT2D eigenvalue weighted by atomic mass is 10.1. The number of nitrogens with one attached hydrogen (secondary N) is 2. The zero-order valence-electron chi connectivity index (χ0n) is 15.5. The number of nitrogens with zero attached hydrogens (tertiary/aromatic N) is 1. The number of aliphatic imine (C=N–C) groups is 1. The van der Waals surface area contributed by atoms with Crippen LogP contribution in [0.4, 0.5) is 0 Å². The van der Waals surface area contributed by atoms with Gasteiger partial charge in [-0.05, 0) is 31.2 Å². The van der Waals surface area contributed by atoms with Gasteiger partial charge in [0.05, 0.1) is 11.5 Å². The van der Waals surface area contributed by atoms with Crippen LogP contribution in [0.1, 0.15) is 39.2 Å². The molecule has 144 valence electrons. The summed E-state index contributed by atoms with van der Waals surface area (Å²) in [6.07, 6.45) is 1.62. The van der Waals surface area contributed by atoms with E-state index in [1.807, 2.05) is 37.3 Å². The second-order valence-corrected chi connectivity index (χ2v) is 8.49. The predicted octanol–water partition coefficient (Wildman–Crippen LogP) is 3.21. The molecule has 0 atom stereocenters. The van der Waals surface area contributed by atoms with Crippen LogP contribution >= 0.6 is 24.0 Å². The Morgan fingerprint density at radius 3 is 2.44 bits per heavy atom. The SMILES string of the molecule is CCNC(=NCCCS(=O)(=O)Cc1ccccc1)NCCC(C)C.I. The van der Waals surface area contributed by atoms with E-state index in [1.165, 1.54) is 0 Å². The summed E-state index contributed by atoms with van der Waals surface area (Å²) in [7, 11) is -3.08. The fourth-order valence-electron chi connectivity index (χ4n) is 2.20. The van der Waals surface area contributed by atoms with Crippen LogP contribution in [-0.4, -0.2) is 39.8 Å². The number of hydrogen-bond donors (Lipinski definition) is 2. The minimum Gasteiger partial charge on any atom is -0.357 e. The van der Waals surface area contributed by atoms with E-state index in [4.69, 9.17) is 0 Å². The van der Waals surface area contributed by atoms with Crippen molar-refractivity contribution in [1.82, 2.24) is 10.6 Å². The maximum absolute atomic E-state index is 12.1. The van der Waals surface area contributed by atoms with Gasteiger partial charge in [-0.15, -0.1) is 24.0 Å². The van der Waals surface area contributed by atoms with Crippen LogP contribution in [0.15, 0.2) is 35.3 Å². The van der Waals surface area contributed by atoms with Gasteiger partial charge in [0.2, 0.25) is 0 Å². The van der Waals surface area contributed by atoms with Gasteiger partial charge in [-0.2, -0.15) is 0 Å². The molecule has 1 aromatic carbocycles. The first-order valence-corrected chi connectivity index (χ1v) is 10.5. The van der Waals surface area contributed by atoms with Gasteiger partial charge in [-0.3, -0.25) is 4.99 Å². The summed E-state index contributed by atoms with van der Waals surface area (Å²) >= 11 is 0. The second-order valence-electron chi connectivity index (χ2n) is 6.30. The van der Waals surface area contributed by atoms with Crippen molar-refractivity contribution in [2.75, 3.05) is 25.4 Å². The Kier molecular flexibility index (Phi) is 12.9. The fourth-order valence-corrected chi connectivity index (χ4v) is 3.61. The summed E-state index contributed by atoms with van der Waals surface area (Å²) in [5.74, 6) is 1.67. The number of sulfone groups is 1. The minimum atomic E-state index is -3.08. The third-order valence-corrected chi connectivity index (χ3v) is 5.15. The van der Waals surface area contributed by atoms with Crippen LogP contribution < -0.4 is 10.6 Å². The van der Waals surface area contributed by atoms with Crippen molar-refractivity contribution in [2.45, 2.75) is 39.4 Å². The van der Waals surface area contributed by atoms with Gasteiger partial charge >= 0.3 is 0 Å². The van der Waals surface area contributed by atoms with Gasteiger partial charge in [0, 0.05) is 19.6 Å². The minimum absolute atomic E-state index is 0. The lowest BCUT2D eigenvalue weighted by Gasteiger charge is -2.12. The van der Waals surface area contributed by atoms with E-state index in [9.17, 15) is 8.42 Å². The highest BCUT2D eigenvalue weighted by molar-refractivity contribution is 14.0. The smallest absolute Gasteiger partial charge is 0.191 e. The number of rotatable bonds is 10. The lowest BCUT2D eigenvalue weighted by molar-refractivity contribution is 0.573. The molecule has 0 spiro atoms. The number of guanidine groups is 1. The van der Waals surface area contributed by atoms with Gasteiger partial charge < -0.3 is 10.6 Å². The van der Waals surface area contributed by atoms with Crippen molar-refractivity contribution in [3.8, 4) is 0 Å². The van der Waals surface area contributed by atoms with Crippen molar-refractivity contribution >= 4 is 39.8 Å². The maximum atomic E-state index is 12.1. The molecule has 1 rings (SSSR count). The van der Waals surface area contributed by atoms with Crippen molar-refractivity contribution in [3.05, 3.63) is 35.9 Å². The third-order valence-electron chi connectivity index (χ3n) is 3.47. The second kappa shape index (κ2) is 13.4. The van der Waals surface area contributed by atoms with Crippen LogP contribution in [0.5, 0.6) is 0 Å². The molecule has 0 heterocycles. The van der Waals surface area contributed by atoms with Gasteiger partial charge in [-0.1, -0.05) is 44.2 Å². The topological polar surface area (TPSA) is 70.6 Å². The van der Waals surface area contributed by atoms with E-state index in [-0.39, 0.29) is 35.5 Å². The Balaban J connectivity index is 0.00000576. The van der Waals surface area contributed by atoms with Gasteiger partial charge in [-0.25, -0.2) is 8.42 Å². The Labute approximate surface area is 170 Å². The summed E-state index contributed by atoms with van der Waals surface area (Å²) in [5.41, 5.74) is 0.838. The van der Waals surface area contributed by atoms with E-state index < -0.39 is 9.84 Å². The van der Waals surface area contributed by atoms with Gasteiger partial charge in [0.25, 0.3) is 0 Å². The molecule has 5 nitrogen and oxygen atoms in total. The molecule has 1 aromatic rings. The molecular formula is C18H32IN3O2S. The first-order chi connectivity index (χ1) is 11.4. The molecule has 0 aromatic heterocycles. The Morgan fingerprint density at radius 2 is 1.84 bits per heavy atom. The molecule has 0 amide bonds. The quantitative estimate of drug-likeness (QED) is 0.233. The zero-order chi connectivity index (χ0) is 17.8. The van der Waals surface area contributed by atoms with Crippen LogP contribution in [0, 0.1) is 5.92 Å². The maximum Gasteiger partial charge on any atom is 0.191 e. The van der Waals surface area contributed by atoms with Gasteiger partial charge in [0.15, 0.2) is 15.8 Å². The monoisotopic (exact) mass is 481 g/mol. The summed E-state index contributed by atoms with van der Waals surface area (Å²) < 4.78 is 24.3.